The second-order valence-corrected chi connectivity index (χ2v) is 7.35. The van der Waals surface area contributed by atoms with E-state index in [4.69, 9.17) is 9.05 Å². The Labute approximate surface area is 145 Å². The first-order valence-electron chi connectivity index (χ1n) is 7.89. The lowest BCUT2D eigenvalue weighted by Gasteiger charge is -2.39. The van der Waals surface area contributed by atoms with Crippen LogP contribution in [0, 0.1) is 0 Å². The molecule has 0 aliphatic heterocycles. The second kappa shape index (κ2) is 7.72. The van der Waals surface area contributed by atoms with Crippen LogP contribution in [0.2, 0.25) is 0 Å². The lowest BCUT2D eigenvalue weighted by Crippen LogP contribution is -2.28. The SMILES string of the molecule is COP(OC)C(c1ccccc1)(c1ccccc1)c1ccccc1. The van der Waals surface area contributed by atoms with Crippen LogP contribution >= 0.6 is 8.38 Å². The van der Waals surface area contributed by atoms with Crippen molar-refractivity contribution in [1.82, 2.24) is 0 Å². The van der Waals surface area contributed by atoms with Crippen molar-refractivity contribution in [1.29, 1.82) is 0 Å². The normalized spacial score (nSPS) is 11.6. The molecule has 0 fully saturated rings. The van der Waals surface area contributed by atoms with Gasteiger partial charge >= 0.3 is 0 Å². The first-order valence-corrected chi connectivity index (χ1v) is 9.06. The summed E-state index contributed by atoms with van der Waals surface area (Å²) in [5.41, 5.74) is 3.49. The van der Waals surface area contributed by atoms with Crippen LogP contribution in [-0.4, -0.2) is 14.2 Å². The van der Waals surface area contributed by atoms with Crippen molar-refractivity contribution < 1.29 is 9.05 Å². The summed E-state index contributed by atoms with van der Waals surface area (Å²) < 4.78 is 11.7. The molecule has 0 atom stereocenters. The predicted octanol–water partition coefficient (Wildman–Crippen LogP) is 5.58. The molecule has 0 aromatic heterocycles. The van der Waals surface area contributed by atoms with E-state index >= 15 is 0 Å². The van der Waals surface area contributed by atoms with Crippen molar-refractivity contribution in [2.45, 2.75) is 5.16 Å². The molecule has 3 rings (SSSR count). The van der Waals surface area contributed by atoms with Crippen molar-refractivity contribution in [2.75, 3.05) is 14.2 Å². The number of hydrogen-bond donors (Lipinski definition) is 0. The summed E-state index contributed by atoms with van der Waals surface area (Å²) >= 11 is 0. The molecule has 0 unspecified atom stereocenters. The van der Waals surface area contributed by atoms with Crippen LogP contribution < -0.4 is 0 Å². The molecule has 0 amide bonds. The van der Waals surface area contributed by atoms with Gasteiger partial charge in [0.2, 0.25) is 0 Å². The minimum Gasteiger partial charge on any atom is -0.336 e. The van der Waals surface area contributed by atoms with Gasteiger partial charge in [0.1, 0.15) is 5.16 Å². The van der Waals surface area contributed by atoms with Crippen LogP contribution in [-0.2, 0) is 14.2 Å². The zero-order chi connectivity index (χ0) is 16.8. The number of benzene rings is 3. The quantitative estimate of drug-likeness (QED) is 0.432. The van der Waals surface area contributed by atoms with E-state index in [1.807, 2.05) is 18.2 Å². The van der Waals surface area contributed by atoms with Crippen molar-refractivity contribution in [3.63, 3.8) is 0 Å². The van der Waals surface area contributed by atoms with Gasteiger partial charge in [-0.1, -0.05) is 91.0 Å². The molecule has 0 heterocycles. The molecule has 0 aliphatic rings. The number of rotatable bonds is 6. The van der Waals surface area contributed by atoms with E-state index in [9.17, 15) is 0 Å². The van der Waals surface area contributed by atoms with E-state index in [1.165, 1.54) is 0 Å². The fourth-order valence-corrected chi connectivity index (χ4v) is 4.98. The largest absolute Gasteiger partial charge is 0.336 e. The van der Waals surface area contributed by atoms with Gasteiger partial charge in [0.05, 0.1) is 0 Å². The van der Waals surface area contributed by atoms with Crippen molar-refractivity contribution >= 4 is 8.38 Å². The zero-order valence-corrected chi connectivity index (χ0v) is 14.8. The van der Waals surface area contributed by atoms with Crippen LogP contribution in [0.4, 0.5) is 0 Å². The molecular weight excluding hydrogens is 315 g/mol. The van der Waals surface area contributed by atoms with Gasteiger partial charge in [-0.2, -0.15) is 0 Å². The fourth-order valence-electron chi connectivity index (χ4n) is 3.20. The predicted molar refractivity (Wildman–Crippen MR) is 100 cm³/mol. The minimum absolute atomic E-state index is 0.484. The summed E-state index contributed by atoms with van der Waals surface area (Å²) in [6.45, 7) is 0. The Balaban J connectivity index is 2.37. The Hall–Kier alpha value is -1.99. The van der Waals surface area contributed by atoms with Crippen molar-refractivity contribution in [3.8, 4) is 0 Å². The second-order valence-electron chi connectivity index (χ2n) is 5.43. The lowest BCUT2D eigenvalue weighted by molar-refractivity contribution is 0.324. The van der Waals surface area contributed by atoms with Crippen molar-refractivity contribution in [2.24, 2.45) is 0 Å². The Bertz CT molecular complexity index is 644. The third-order valence-electron chi connectivity index (χ3n) is 4.18. The van der Waals surface area contributed by atoms with E-state index in [1.54, 1.807) is 14.2 Å². The van der Waals surface area contributed by atoms with E-state index < -0.39 is 13.5 Å². The molecule has 2 nitrogen and oxygen atoms in total. The van der Waals surface area contributed by atoms with E-state index in [0.29, 0.717) is 0 Å². The molecule has 0 bridgehead atoms. The van der Waals surface area contributed by atoms with Gasteiger partial charge in [-0.15, -0.1) is 0 Å². The highest BCUT2D eigenvalue weighted by atomic mass is 31.2. The fraction of sp³-hybridized carbons (Fsp3) is 0.143. The van der Waals surface area contributed by atoms with Gasteiger partial charge in [-0.25, -0.2) is 0 Å². The molecule has 3 heteroatoms. The first-order chi connectivity index (χ1) is 11.8. The van der Waals surface area contributed by atoms with E-state index in [2.05, 4.69) is 72.8 Å². The summed E-state index contributed by atoms with van der Waals surface area (Å²) in [5, 5.41) is -0.484. The van der Waals surface area contributed by atoms with Crippen LogP contribution in [0.3, 0.4) is 0 Å². The molecule has 0 spiro atoms. The highest BCUT2D eigenvalue weighted by molar-refractivity contribution is 7.49. The smallest absolute Gasteiger partial charge is 0.190 e. The average molecular weight is 336 g/mol. The topological polar surface area (TPSA) is 18.5 Å². The molecule has 3 aromatic carbocycles. The third-order valence-corrected chi connectivity index (χ3v) is 6.17. The number of hydrogen-bond acceptors (Lipinski definition) is 2. The molecule has 0 aliphatic carbocycles. The third kappa shape index (κ3) is 2.89. The summed E-state index contributed by atoms with van der Waals surface area (Å²) in [6, 6.07) is 31.4. The summed E-state index contributed by atoms with van der Waals surface area (Å²) in [4.78, 5) is 0. The molecule has 0 radical (unpaired) electrons. The van der Waals surface area contributed by atoms with Crippen LogP contribution in [0.1, 0.15) is 16.7 Å². The Kier molecular flexibility index (Phi) is 5.42. The highest BCUT2D eigenvalue weighted by Gasteiger charge is 2.45. The van der Waals surface area contributed by atoms with Gasteiger partial charge in [-0.3, -0.25) is 0 Å². The van der Waals surface area contributed by atoms with Crippen LogP contribution in [0.25, 0.3) is 0 Å². The molecule has 0 N–H and O–H groups in total. The standard InChI is InChI=1S/C21H21O2P/c1-22-24(23-2)21(18-12-6-3-7-13-18,19-14-8-4-9-15-19)20-16-10-5-11-17-20/h3-17H,1-2H3. The van der Waals surface area contributed by atoms with E-state index in [0.717, 1.165) is 16.7 Å². The molecule has 0 saturated carbocycles. The van der Waals surface area contributed by atoms with E-state index in [-0.39, 0.29) is 0 Å². The highest BCUT2D eigenvalue weighted by Crippen LogP contribution is 2.63. The molecule has 0 saturated heterocycles. The monoisotopic (exact) mass is 336 g/mol. The minimum atomic E-state index is -1.23. The maximum absolute atomic E-state index is 5.87. The summed E-state index contributed by atoms with van der Waals surface area (Å²) in [7, 11) is 2.21. The van der Waals surface area contributed by atoms with Crippen LogP contribution in [0.15, 0.2) is 91.0 Å². The summed E-state index contributed by atoms with van der Waals surface area (Å²) in [5.74, 6) is 0. The van der Waals surface area contributed by atoms with Crippen LogP contribution in [0.5, 0.6) is 0 Å². The van der Waals surface area contributed by atoms with Gasteiger partial charge < -0.3 is 9.05 Å². The van der Waals surface area contributed by atoms with Gasteiger partial charge in [0, 0.05) is 14.2 Å². The summed E-state index contributed by atoms with van der Waals surface area (Å²) in [6.07, 6.45) is 0. The van der Waals surface area contributed by atoms with Crippen molar-refractivity contribution in [3.05, 3.63) is 108 Å². The first kappa shape index (κ1) is 16.9. The zero-order valence-electron chi connectivity index (χ0n) is 13.9. The Morgan fingerprint density at radius 1 is 0.542 bits per heavy atom. The Morgan fingerprint density at radius 2 is 0.833 bits per heavy atom. The lowest BCUT2D eigenvalue weighted by atomic mass is 9.84. The van der Waals surface area contributed by atoms with Gasteiger partial charge in [0.25, 0.3) is 0 Å². The average Bonchev–Trinajstić information content (AvgIpc) is 2.68. The van der Waals surface area contributed by atoms with Gasteiger partial charge in [-0.05, 0) is 16.7 Å². The molecular formula is C21H21O2P. The maximum Gasteiger partial charge on any atom is 0.190 e. The molecule has 122 valence electrons. The van der Waals surface area contributed by atoms with Gasteiger partial charge in [0.15, 0.2) is 8.38 Å². The Morgan fingerprint density at radius 3 is 1.08 bits per heavy atom. The maximum atomic E-state index is 5.87. The molecule has 24 heavy (non-hydrogen) atoms. The molecule has 3 aromatic rings.